The normalized spacial score (nSPS) is 11.4. The summed E-state index contributed by atoms with van der Waals surface area (Å²) in [6, 6.07) is 6.08. The number of aldehydes is 1. The fraction of sp³-hybridized carbons (Fsp3) is 0.630. The molecule has 0 aliphatic heterocycles. The summed E-state index contributed by atoms with van der Waals surface area (Å²) in [5.74, 6) is 0. The van der Waals surface area contributed by atoms with Gasteiger partial charge in [-0.2, -0.15) is 5.26 Å². The molecular weight excluding hydrogens is 368 g/mol. The van der Waals surface area contributed by atoms with Crippen molar-refractivity contribution in [2.24, 2.45) is 0 Å². The topological polar surface area (TPSA) is 56.6 Å². The van der Waals surface area contributed by atoms with Crippen LogP contribution in [-0.2, 0) is 6.42 Å². The van der Waals surface area contributed by atoms with Crippen molar-refractivity contribution >= 4 is 6.29 Å². The summed E-state index contributed by atoms with van der Waals surface area (Å²) in [6.45, 7) is 0. The Kier molecular flexibility index (Phi) is 17.5. The zero-order chi connectivity index (χ0) is 21.5. The Hall–Kier alpha value is -2.08. The minimum absolute atomic E-state index is 0.688. The molecule has 0 atom stereocenters. The summed E-state index contributed by atoms with van der Waals surface area (Å²) >= 11 is 0. The van der Waals surface area contributed by atoms with E-state index in [9.17, 15) is 4.79 Å². The minimum Gasteiger partial charge on any atom is -0.356 e. The van der Waals surface area contributed by atoms with Gasteiger partial charge in [0.25, 0.3) is 0 Å². The predicted octanol–water partition coefficient (Wildman–Crippen LogP) is 8.25. The first-order valence-corrected chi connectivity index (χ1v) is 12.2. The van der Waals surface area contributed by atoms with Gasteiger partial charge in [0, 0.05) is 12.1 Å². The summed E-state index contributed by atoms with van der Waals surface area (Å²) in [4.78, 5) is 13.8. The van der Waals surface area contributed by atoms with E-state index in [2.05, 4.69) is 35.4 Å². The highest BCUT2D eigenvalue weighted by Gasteiger charge is 1.98. The second-order valence-electron chi connectivity index (χ2n) is 8.21. The summed E-state index contributed by atoms with van der Waals surface area (Å²) in [5.41, 5.74) is 1.88. The van der Waals surface area contributed by atoms with E-state index in [1.807, 2.05) is 12.1 Å². The van der Waals surface area contributed by atoms with Crippen molar-refractivity contribution in [3.05, 3.63) is 47.8 Å². The third kappa shape index (κ3) is 15.8. The first-order chi connectivity index (χ1) is 14.9. The largest absolute Gasteiger partial charge is 0.356 e. The molecule has 0 unspecified atom stereocenters. The van der Waals surface area contributed by atoms with Crippen molar-refractivity contribution in [3.8, 4) is 6.07 Å². The van der Waals surface area contributed by atoms with Gasteiger partial charge in [0.15, 0.2) is 6.29 Å². The molecule has 0 bridgehead atoms. The Balaban J connectivity index is 1.76. The number of nitriles is 1. The summed E-state index contributed by atoms with van der Waals surface area (Å²) in [7, 11) is 0. The first-order valence-electron chi connectivity index (χ1n) is 12.2. The number of unbranched alkanes of at least 4 members (excludes halogenated alkanes) is 13. The number of aromatic amines is 1. The summed E-state index contributed by atoms with van der Waals surface area (Å²) in [6.07, 6.45) is 30.6. The molecule has 0 aliphatic rings. The molecule has 0 fully saturated rings. The fourth-order valence-electron chi connectivity index (χ4n) is 3.64. The highest BCUT2D eigenvalue weighted by Crippen LogP contribution is 2.13. The molecular formula is C27H42N2O. The van der Waals surface area contributed by atoms with Crippen molar-refractivity contribution in [2.75, 3.05) is 0 Å². The van der Waals surface area contributed by atoms with E-state index in [1.54, 1.807) is 0 Å². The third-order valence-electron chi connectivity index (χ3n) is 5.48. The molecule has 3 heteroatoms. The standard InChI is InChI=1S/C27H42N2O/c28-24-20-18-16-14-12-10-8-6-4-2-1-3-5-7-9-11-13-15-17-19-21-26-22-23-27(25-30)29-26/h4,6,10,12,22-23,25,29H,1-3,5,7-9,11,13-21H2/b6-4-,12-10-. The third-order valence-corrected chi connectivity index (χ3v) is 5.48. The second-order valence-corrected chi connectivity index (χ2v) is 8.21. The van der Waals surface area contributed by atoms with E-state index in [0.29, 0.717) is 12.1 Å². The van der Waals surface area contributed by atoms with Crippen molar-refractivity contribution in [1.29, 1.82) is 5.26 Å². The number of allylic oxidation sites excluding steroid dienone is 4. The SMILES string of the molecule is N#CCCCC/C=C\C/C=C\CCCCCCCCCCCCc1ccc(C=O)[nH]1. The lowest BCUT2D eigenvalue weighted by atomic mass is 10.0. The Morgan fingerprint density at radius 3 is 1.87 bits per heavy atom. The van der Waals surface area contributed by atoms with E-state index in [4.69, 9.17) is 5.26 Å². The molecule has 0 spiro atoms. The second kappa shape index (κ2) is 20.2. The highest BCUT2D eigenvalue weighted by atomic mass is 16.1. The highest BCUT2D eigenvalue weighted by molar-refractivity contribution is 5.71. The maximum Gasteiger partial charge on any atom is 0.166 e. The summed E-state index contributed by atoms with van der Waals surface area (Å²) < 4.78 is 0. The van der Waals surface area contributed by atoms with Gasteiger partial charge in [-0.3, -0.25) is 4.79 Å². The Morgan fingerprint density at radius 2 is 1.30 bits per heavy atom. The monoisotopic (exact) mass is 410 g/mol. The van der Waals surface area contributed by atoms with Crippen LogP contribution in [0.5, 0.6) is 0 Å². The first kappa shape index (κ1) is 26.0. The number of nitrogens with one attached hydrogen (secondary N) is 1. The molecule has 0 radical (unpaired) electrons. The molecule has 1 rings (SSSR count). The molecule has 0 amide bonds. The molecule has 1 heterocycles. The summed E-state index contributed by atoms with van der Waals surface area (Å²) in [5, 5.41) is 8.47. The van der Waals surface area contributed by atoms with Crippen LogP contribution in [0.25, 0.3) is 0 Å². The zero-order valence-electron chi connectivity index (χ0n) is 18.9. The molecule has 1 aromatic rings. The molecule has 0 saturated heterocycles. The lowest BCUT2D eigenvalue weighted by Gasteiger charge is -2.02. The van der Waals surface area contributed by atoms with Crippen LogP contribution in [0.3, 0.4) is 0 Å². The van der Waals surface area contributed by atoms with Gasteiger partial charge in [-0.05, 0) is 63.5 Å². The maximum atomic E-state index is 10.6. The molecule has 0 aliphatic carbocycles. The van der Waals surface area contributed by atoms with Crippen molar-refractivity contribution in [1.82, 2.24) is 4.98 Å². The van der Waals surface area contributed by atoms with Gasteiger partial charge >= 0.3 is 0 Å². The zero-order valence-corrected chi connectivity index (χ0v) is 18.9. The van der Waals surface area contributed by atoms with Crippen LogP contribution in [0.4, 0.5) is 0 Å². The number of aromatic nitrogens is 1. The van der Waals surface area contributed by atoms with Gasteiger partial charge in [0.1, 0.15) is 0 Å². The molecule has 3 nitrogen and oxygen atoms in total. The lowest BCUT2D eigenvalue weighted by molar-refractivity contribution is 0.111. The van der Waals surface area contributed by atoms with E-state index >= 15 is 0 Å². The van der Waals surface area contributed by atoms with Gasteiger partial charge < -0.3 is 4.98 Å². The average molecular weight is 411 g/mol. The number of carbonyl (C=O) groups excluding carboxylic acids is 1. The van der Waals surface area contributed by atoms with E-state index in [1.165, 1.54) is 76.3 Å². The Morgan fingerprint density at radius 1 is 0.733 bits per heavy atom. The number of carbonyl (C=O) groups is 1. The number of hydrogen-bond donors (Lipinski definition) is 1. The Labute approximate surface area is 184 Å². The van der Waals surface area contributed by atoms with Gasteiger partial charge in [0.2, 0.25) is 0 Å². The Bertz CT molecular complexity index is 621. The van der Waals surface area contributed by atoms with Crippen molar-refractivity contribution in [2.45, 2.75) is 109 Å². The molecule has 1 N–H and O–H groups in total. The molecule has 1 aromatic heterocycles. The molecule has 166 valence electrons. The van der Waals surface area contributed by atoms with Crippen LogP contribution < -0.4 is 0 Å². The smallest absolute Gasteiger partial charge is 0.166 e. The fourth-order valence-corrected chi connectivity index (χ4v) is 3.64. The quantitative estimate of drug-likeness (QED) is 0.134. The van der Waals surface area contributed by atoms with E-state index < -0.39 is 0 Å². The number of rotatable bonds is 20. The molecule has 30 heavy (non-hydrogen) atoms. The van der Waals surface area contributed by atoms with Crippen molar-refractivity contribution in [3.63, 3.8) is 0 Å². The minimum atomic E-state index is 0.688. The maximum absolute atomic E-state index is 10.6. The number of nitrogens with zero attached hydrogens (tertiary/aromatic N) is 1. The lowest BCUT2D eigenvalue weighted by Crippen LogP contribution is -1.88. The van der Waals surface area contributed by atoms with Gasteiger partial charge in [0.05, 0.1) is 11.8 Å². The van der Waals surface area contributed by atoms with Crippen LogP contribution in [0.2, 0.25) is 0 Å². The van der Waals surface area contributed by atoms with Crippen LogP contribution >= 0.6 is 0 Å². The van der Waals surface area contributed by atoms with Crippen LogP contribution in [-0.4, -0.2) is 11.3 Å². The number of hydrogen-bond acceptors (Lipinski definition) is 2. The average Bonchev–Trinajstić information content (AvgIpc) is 3.23. The molecule has 0 saturated carbocycles. The van der Waals surface area contributed by atoms with E-state index in [-0.39, 0.29) is 0 Å². The van der Waals surface area contributed by atoms with Crippen LogP contribution in [0.15, 0.2) is 36.4 Å². The van der Waals surface area contributed by atoms with Crippen LogP contribution in [0, 0.1) is 11.3 Å². The van der Waals surface area contributed by atoms with Gasteiger partial charge in [-0.1, -0.05) is 75.7 Å². The number of H-pyrrole nitrogens is 1. The van der Waals surface area contributed by atoms with Crippen molar-refractivity contribution < 1.29 is 4.79 Å². The van der Waals surface area contributed by atoms with Crippen LogP contribution in [0.1, 0.15) is 119 Å². The van der Waals surface area contributed by atoms with Gasteiger partial charge in [-0.15, -0.1) is 0 Å². The van der Waals surface area contributed by atoms with Gasteiger partial charge in [-0.25, -0.2) is 0 Å². The predicted molar refractivity (Wildman–Crippen MR) is 128 cm³/mol. The number of aryl methyl sites for hydroxylation is 1. The molecule has 0 aromatic carbocycles. The van der Waals surface area contributed by atoms with E-state index in [0.717, 1.165) is 38.4 Å².